The molecule has 0 atom stereocenters. The molecule has 6 nitrogen and oxygen atoms in total. The minimum atomic E-state index is -0.719. The highest BCUT2D eigenvalue weighted by atomic mass is 35.5. The number of halogens is 8. The van der Waals surface area contributed by atoms with Gasteiger partial charge in [0.2, 0.25) is 0 Å². The lowest BCUT2D eigenvalue weighted by molar-refractivity contribution is 0.0635. The Morgan fingerprint density at radius 3 is 0.725 bits per heavy atom. The van der Waals surface area contributed by atoms with E-state index >= 15 is 0 Å². The minimum Gasteiger partial charge on any atom is -0.277 e. The molecule has 0 saturated heterocycles. The Bertz CT molecular complexity index is 1910. The second-order valence-electron chi connectivity index (χ2n) is 9.35. The first kappa shape index (κ1) is 26.9. The molecule has 14 heteroatoms. The van der Waals surface area contributed by atoms with Crippen molar-refractivity contribution in [3.05, 3.63) is 62.4 Å². The Balaban J connectivity index is 1.98. The third-order valence-corrected chi connectivity index (χ3v) is 11.0. The van der Waals surface area contributed by atoms with Crippen molar-refractivity contribution >= 4 is 160 Å². The van der Waals surface area contributed by atoms with Crippen LogP contribution in [0.25, 0.3) is 43.1 Å². The average Bonchev–Trinajstić information content (AvgIpc) is 2.92. The van der Waals surface area contributed by atoms with Gasteiger partial charge in [0.25, 0.3) is 23.6 Å². The minimum absolute atomic E-state index is 0.0761. The summed E-state index contributed by atoms with van der Waals surface area (Å²) in [6, 6.07) is 0. The molecule has 0 unspecified atom stereocenters. The zero-order valence-corrected chi connectivity index (χ0v) is 25.6. The van der Waals surface area contributed by atoms with Crippen molar-refractivity contribution in [3.63, 3.8) is 0 Å². The molecule has 0 saturated carbocycles. The molecule has 2 aliphatic rings. The van der Waals surface area contributed by atoms with Gasteiger partial charge in [-0.2, -0.15) is 0 Å². The number of rotatable bonds is 0. The summed E-state index contributed by atoms with van der Waals surface area (Å²) >= 11 is 54.3. The van der Waals surface area contributed by atoms with Crippen LogP contribution in [0.2, 0.25) is 40.2 Å². The predicted molar refractivity (Wildman–Crippen MR) is 161 cm³/mol. The Labute approximate surface area is 263 Å². The molecule has 5 aromatic rings. The van der Waals surface area contributed by atoms with Crippen molar-refractivity contribution in [2.45, 2.75) is 0 Å². The van der Waals surface area contributed by atoms with E-state index in [2.05, 4.69) is 0 Å². The molecule has 7 rings (SSSR count). The molecule has 0 spiro atoms. The molecular weight excluding hydrogens is 688 g/mol. The van der Waals surface area contributed by atoms with E-state index in [1.807, 2.05) is 0 Å². The largest absolute Gasteiger partial charge is 0.277 e. The first-order valence-electron chi connectivity index (χ1n) is 11.1. The summed E-state index contributed by atoms with van der Waals surface area (Å²) in [7, 11) is 2.55. The van der Waals surface area contributed by atoms with E-state index in [4.69, 9.17) is 92.8 Å². The summed E-state index contributed by atoms with van der Waals surface area (Å²) in [4.78, 5) is 55.1. The number of benzene rings is 5. The van der Waals surface area contributed by atoms with Crippen LogP contribution in [-0.4, -0.2) is 47.5 Å². The Hall–Kier alpha value is -2.00. The van der Waals surface area contributed by atoms with E-state index in [1.165, 1.54) is 14.1 Å². The van der Waals surface area contributed by atoms with Crippen molar-refractivity contribution in [1.82, 2.24) is 9.80 Å². The Kier molecular flexibility index (Phi) is 5.58. The summed E-state index contributed by atoms with van der Waals surface area (Å²) in [5.41, 5.74) is -0.304. The maximum absolute atomic E-state index is 13.3. The van der Waals surface area contributed by atoms with Crippen LogP contribution in [0.3, 0.4) is 0 Å². The Morgan fingerprint density at radius 2 is 0.525 bits per heavy atom. The van der Waals surface area contributed by atoms with Gasteiger partial charge in [0.1, 0.15) is 0 Å². The molecule has 0 radical (unpaired) electrons. The fourth-order valence-corrected chi connectivity index (χ4v) is 8.07. The van der Waals surface area contributed by atoms with Crippen LogP contribution in [0.4, 0.5) is 0 Å². The Morgan fingerprint density at radius 1 is 0.325 bits per heavy atom. The van der Waals surface area contributed by atoms with Gasteiger partial charge in [0.05, 0.1) is 62.4 Å². The lowest BCUT2D eigenvalue weighted by Gasteiger charge is -2.31. The van der Waals surface area contributed by atoms with E-state index in [0.29, 0.717) is 0 Å². The smallest absolute Gasteiger partial charge is 0.262 e. The number of carbonyl (C=O) groups excluding carboxylic acids is 4. The van der Waals surface area contributed by atoms with Gasteiger partial charge in [-0.1, -0.05) is 92.8 Å². The number of amides is 4. The highest BCUT2D eigenvalue weighted by molar-refractivity contribution is 6.63. The van der Waals surface area contributed by atoms with E-state index in [-0.39, 0.29) is 106 Å². The number of fused-ring (bicyclic) bond motifs is 2. The topological polar surface area (TPSA) is 74.8 Å². The molecule has 2 heterocycles. The first-order chi connectivity index (χ1) is 18.7. The molecule has 200 valence electrons. The van der Waals surface area contributed by atoms with Crippen LogP contribution in [0.15, 0.2) is 0 Å². The molecule has 0 aromatic heterocycles. The number of imide groups is 2. The zero-order valence-electron chi connectivity index (χ0n) is 19.6. The molecule has 2 aliphatic heterocycles. The lowest BCUT2D eigenvalue weighted by Crippen LogP contribution is -2.38. The van der Waals surface area contributed by atoms with Gasteiger partial charge >= 0.3 is 0 Å². The van der Waals surface area contributed by atoms with Gasteiger partial charge in [-0.25, -0.2) is 0 Å². The molecule has 0 N–H and O–H groups in total. The highest BCUT2D eigenvalue weighted by Crippen LogP contribution is 2.59. The second kappa shape index (κ2) is 8.30. The molecule has 0 aliphatic carbocycles. The fraction of sp³-hybridized carbons (Fsp3) is 0.0769. The lowest BCUT2D eigenvalue weighted by atomic mass is 9.82. The number of nitrogens with zero attached hydrogens (tertiary/aromatic N) is 2. The third kappa shape index (κ3) is 2.78. The van der Waals surface area contributed by atoms with Gasteiger partial charge in [-0.3, -0.25) is 29.0 Å². The predicted octanol–water partition coefficient (Wildman–Crippen LogP) is 9.42. The van der Waals surface area contributed by atoms with Crippen molar-refractivity contribution in [2.24, 2.45) is 0 Å². The first-order valence-corrected chi connectivity index (χ1v) is 14.1. The van der Waals surface area contributed by atoms with Gasteiger partial charge in [0, 0.05) is 57.2 Å². The van der Waals surface area contributed by atoms with Gasteiger partial charge in [-0.15, -0.1) is 0 Å². The van der Waals surface area contributed by atoms with Crippen LogP contribution in [0, 0.1) is 0 Å². The second-order valence-corrected chi connectivity index (χ2v) is 12.4. The summed E-state index contributed by atoms with van der Waals surface area (Å²) < 4.78 is 0. The fourth-order valence-electron chi connectivity index (χ4n) is 5.85. The standard InChI is InChI=1S/C26H6Cl8N2O4/c1-35-23(37)11-5-3-7(15(27)19(11)31)9-4-6-13(21(33)17(9)29)25(39)36(2)26(40)14(6)22(34)18(30)10(4)8(3)16(28)20(32)12(5)24(35)38/h1-2H3. The maximum Gasteiger partial charge on any atom is 0.262 e. The average molecular weight is 694 g/mol. The number of carbonyl (C=O) groups is 4. The highest BCUT2D eigenvalue weighted by Gasteiger charge is 2.42. The molecule has 0 fully saturated rings. The summed E-state index contributed by atoms with van der Waals surface area (Å²) in [5, 5.41) is 0.130. The van der Waals surface area contributed by atoms with E-state index in [1.54, 1.807) is 0 Å². The van der Waals surface area contributed by atoms with Crippen LogP contribution >= 0.6 is 92.8 Å². The van der Waals surface area contributed by atoms with Gasteiger partial charge in [-0.05, 0) is 0 Å². The molecule has 40 heavy (non-hydrogen) atoms. The van der Waals surface area contributed by atoms with E-state index < -0.39 is 23.6 Å². The summed E-state index contributed by atoms with van der Waals surface area (Å²) in [5.74, 6) is -2.87. The number of hydrogen-bond acceptors (Lipinski definition) is 4. The third-order valence-electron chi connectivity index (χ3n) is 7.60. The monoisotopic (exact) mass is 690 g/mol. The van der Waals surface area contributed by atoms with Gasteiger partial charge in [0.15, 0.2) is 0 Å². The van der Waals surface area contributed by atoms with E-state index in [9.17, 15) is 19.2 Å². The zero-order chi connectivity index (χ0) is 29.0. The summed E-state index contributed by atoms with van der Waals surface area (Å²) in [6.07, 6.45) is 0. The molecule has 5 aromatic carbocycles. The normalized spacial score (nSPS) is 15.3. The van der Waals surface area contributed by atoms with Crippen LogP contribution in [0.1, 0.15) is 41.4 Å². The van der Waals surface area contributed by atoms with Crippen molar-refractivity contribution in [3.8, 4) is 0 Å². The summed E-state index contributed by atoms with van der Waals surface area (Å²) in [6.45, 7) is 0. The van der Waals surface area contributed by atoms with Gasteiger partial charge < -0.3 is 0 Å². The molecular formula is C26H6Cl8N2O4. The maximum atomic E-state index is 13.3. The SMILES string of the molecule is CN1C(=O)c2c(Cl)c(Cl)c3c4c(Cl)c(Cl)c5c6c(c(Cl)c(Cl)c(c7c(Cl)c(Cl)c(c2c37)C1=O)c64)C(=O)N(C)C5=O. The van der Waals surface area contributed by atoms with E-state index in [0.717, 1.165) is 9.80 Å². The van der Waals surface area contributed by atoms with Crippen molar-refractivity contribution < 1.29 is 19.2 Å². The number of hydrogen-bond donors (Lipinski definition) is 0. The molecule has 0 bridgehead atoms. The quantitative estimate of drug-likeness (QED) is 0.0921. The molecule has 4 amide bonds. The van der Waals surface area contributed by atoms with Crippen LogP contribution < -0.4 is 0 Å². The van der Waals surface area contributed by atoms with Crippen LogP contribution in [0.5, 0.6) is 0 Å². The van der Waals surface area contributed by atoms with Crippen LogP contribution in [-0.2, 0) is 0 Å². The van der Waals surface area contributed by atoms with Crippen molar-refractivity contribution in [1.29, 1.82) is 0 Å². The van der Waals surface area contributed by atoms with Crippen molar-refractivity contribution in [2.75, 3.05) is 14.1 Å².